The minimum absolute atomic E-state index is 0.416. The van der Waals surface area contributed by atoms with Crippen molar-refractivity contribution in [3.8, 4) is 0 Å². The third-order valence-corrected chi connectivity index (χ3v) is 4.09. The van der Waals surface area contributed by atoms with E-state index in [2.05, 4.69) is 54.4 Å². The molecule has 2 rings (SSSR count). The topological polar surface area (TPSA) is 24.5 Å². The Morgan fingerprint density at radius 1 is 1.15 bits per heavy atom. The zero-order valence-corrected chi connectivity index (χ0v) is 12.8. The van der Waals surface area contributed by atoms with Crippen LogP contribution in [0.25, 0.3) is 0 Å². The van der Waals surface area contributed by atoms with E-state index >= 15 is 0 Å². The average Bonchev–Trinajstić information content (AvgIpc) is 2.53. The fraction of sp³-hybridized carbons (Fsp3) is 0.647. The molecule has 1 fully saturated rings. The minimum Gasteiger partial charge on any atom is -0.379 e. The Morgan fingerprint density at radius 2 is 1.85 bits per heavy atom. The van der Waals surface area contributed by atoms with Crippen LogP contribution in [-0.2, 0) is 4.74 Å². The number of ether oxygens (including phenoxy) is 1. The van der Waals surface area contributed by atoms with E-state index in [-0.39, 0.29) is 0 Å². The molecule has 0 radical (unpaired) electrons. The molecule has 1 aromatic carbocycles. The molecule has 1 aromatic rings. The number of hydrogen-bond acceptors (Lipinski definition) is 3. The van der Waals surface area contributed by atoms with Crippen molar-refractivity contribution < 1.29 is 4.74 Å². The van der Waals surface area contributed by atoms with Crippen molar-refractivity contribution in [1.29, 1.82) is 0 Å². The summed E-state index contributed by atoms with van der Waals surface area (Å²) in [5, 5.41) is 3.75. The molecule has 0 aromatic heterocycles. The van der Waals surface area contributed by atoms with Crippen molar-refractivity contribution in [3.05, 3.63) is 35.9 Å². The van der Waals surface area contributed by atoms with E-state index in [1.165, 1.54) is 12.0 Å². The molecule has 1 N–H and O–H groups in total. The highest BCUT2D eigenvalue weighted by molar-refractivity contribution is 5.20. The Labute approximate surface area is 123 Å². The fourth-order valence-corrected chi connectivity index (χ4v) is 3.05. The number of rotatable bonds is 7. The summed E-state index contributed by atoms with van der Waals surface area (Å²) in [5.41, 5.74) is 1.40. The Bertz CT molecular complexity index is 363. The molecule has 3 heteroatoms. The van der Waals surface area contributed by atoms with Gasteiger partial charge < -0.3 is 10.1 Å². The molecule has 2 unspecified atom stereocenters. The third kappa shape index (κ3) is 4.05. The quantitative estimate of drug-likeness (QED) is 0.829. The highest BCUT2D eigenvalue weighted by Gasteiger charge is 2.27. The summed E-state index contributed by atoms with van der Waals surface area (Å²) in [6.07, 6.45) is 2.33. The van der Waals surface area contributed by atoms with Gasteiger partial charge in [-0.1, -0.05) is 44.2 Å². The first-order chi connectivity index (χ1) is 9.86. The van der Waals surface area contributed by atoms with Crippen LogP contribution in [0.4, 0.5) is 0 Å². The summed E-state index contributed by atoms with van der Waals surface area (Å²) in [6, 6.07) is 11.8. The van der Waals surface area contributed by atoms with E-state index in [1.807, 2.05) is 0 Å². The summed E-state index contributed by atoms with van der Waals surface area (Å²) in [7, 11) is 0. The lowest BCUT2D eigenvalue weighted by molar-refractivity contribution is 0.00667. The molecule has 0 bridgehead atoms. The first-order valence-electron chi connectivity index (χ1n) is 7.97. The number of nitrogens with zero attached hydrogens (tertiary/aromatic N) is 1. The van der Waals surface area contributed by atoms with Crippen LogP contribution in [-0.4, -0.2) is 43.8 Å². The van der Waals surface area contributed by atoms with Crippen LogP contribution >= 0.6 is 0 Å². The molecule has 2 atom stereocenters. The summed E-state index contributed by atoms with van der Waals surface area (Å²) < 4.78 is 5.50. The fourth-order valence-electron chi connectivity index (χ4n) is 3.05. The van der Waals surface area contributed by atoms with Crippen molar-refractivity contribution in [1.82, 2.24) is 10.2 Å². The zero-order chi connectivity index (χ0) is 14.2. The van der Waals surface area contributed by atoms with Crippen LogP contribution in [0.1, 0.15) is 38.3 Å². The number of hydrogen-bond donors (Lipinski definition) is 1. The predicted octanol–water partition coefficient (Wildman–Crippen LogP) is 2.84. The van der Waals surface area contributed by atoms with Crippen LogP contribution in [0.2, 0.25) is 0 Å². The van der Waals surface area contributed by atoms with Crippen LogP contribution in [0, 0.1) is 0 Å². The van der Waals surface area contributed by atoms with Gasteiger partial charge in [-0.15, -0.1) is 0 Å². The molecule has 1 aliphatic rings. The Kier molecular flexibility index (Phi) is 6.51. The predicted molar refractivity (Wildman–Crippen MR) is 83.9 cm³/mol. The van der Waals surface area contributed by atoms with Gasteiger partial charge in [0.25, 0.3) is 0 Å². The molecule has 1 aliphatic heterocycles. The lowest BCUT2D eigenvalue weighted by Crippen LogP contribution is -2.49. The van der Waals surface area contributed by atoms with Gasteiger partial charge in [0, 0.05) is 25.2 Å². The van der Waals surface area contributed by atoms with Crippen molar-refractivity contribution in [3.63, 3.8) is 0 Å². The third-order valence-electron chi connectivity index (χ3n) is 4.09. The molecule has 0 amide bonds. The first-order valence-corrected chi connectivity index (χ1v) is 7.97. The van der Waals surface area contributed by atoms with E-state index in [1.54, 1.807) is 0 Å². The minimum atomic E-state index is 0.416. The maximum absolute atomic E-state index is 5.50. The van der Waals surface area contributed by atoms with Gasteiger partial charge in [0.1, 0.15) is 0 Å². The van der Waals surface area contributed by atoms with E-state index in [0.717, 1.165) is 39.3 Å². The van der Waals surface area contributed by atoms with Crippen molar-refractivity contribution in [2.24, 2.45) is 0 Å². The van der Waals surface area contributed by atoms with Gasteiger partial charge in [0.05, 0.1) is 13.2 Å². The van der Waals surface area contributed by atoms with Gasteiger partial charge in [0.15, 0.2) is 0 Å². The number of morpholine rings is 1. The van der Waals surface area contributed by atoms with E-state index < -0.39 is 0 Å². The molecule has 3 nitrogen and oxygen atoms in total. The van der Waals surface area contributed by atoms with Gasteiger partial charge in [-0.05, 0) is 24.9 Å². The summed E-state index contributed by atoms with van der Waals surface area (Å²) >= 11 is 0. The van der Waals surface area contributed by atoms with E-state index in [9.17, 15) is 0 Å². The average molecular weight is 276 g/mol. The number of benzene rings is 1. The second-order valence-corrected chi connectivity index (χ2v) is 5.47. The van der Waals surface area contributed by atoms with Crippen molar-refractivity contribution >= 4 is 0 Å². The summed E-state index contributed by atoms with van der Waals surface area (Å²) in [6.45, 7) is 9.43. The molecule has 1 heterocycles. The molecule has 1 saturated heterocycles. The molecule has 112 valence electrons. The standard InChI is InChI=1S/C17H28N2O/c1-3-10-18-17(15-8-6-5-7-9-15)16(4-2)19-11-13-20-14-12-19/h5-9,16-18H,3-4,10-14H2,1-2H3. The smallest absolute Gasteiger partial charge is 0.0594 e. The first kappa shape index (κ1) is 15.5. The second-order valence-electron chi connectivity index (χ2n) is 5.47. The highest BCUT2D eigenvalue weighted by atomic mass is 16.5. The Morgan fingerprint density at radius 3 is 2.45 bits per heavy atom. The van der Waals surface area contributed by atoms with Crippen molar-refractivity contribution in [2.75, 3.05) is 32.8 Å². The van der Waals surface area contributed by atoms with Gasteiger partial charge >= 0.3 is 0 Å². The summed E-state index contributed by atoms with van der Waals surface area (Å²) in [5.74, 6) is 0. The maximum atomic E-state index is 5.50. The van der Waals surface area contributed by atoms with Crippen LogP contribution in [0.15, 0.2) is 30.3 Å². The summed E-state index contributed by atoms with van der Waals surface area (Å²) in [4.78, 5) is 2.59. The lowest BCUT2D eigenvalue weighted by atomic mass is 9.95. The molecule has 0 saturated carbocycles. The molecule has 0 aliphatic carbocycles. The van der Waals surface area contributed by atoms with Crippen molar-refractivity contribution in [2.45, 2.75) is 38.8 Å². The largest absolute Gasteiger partial charge is 0.379 e. The SMILES string of the molecule is CCCNC(c1ccccc1)C(CC)N1CCOCC1. The highest BCUT2D eigenvalue weighted by Crippen LogP contribution is 2.24. The van der Waals surface area contributed by atoms with Gasteiger partial charge in [-0.25, -0.2) is 0 Å². The Balaban J connectivity index is 2.14. The van der Waals surface area contributed by atoms with Crippen LogP contribution < -0.4 is 5.32 Å². The van der Waals surface area contributed by atoms with Gasteiger partial charge in [-0.2, -0.15) is 0 Å². The Hall–Kier alpha value is -0.900. The normalized spacial score (nSPS) is 19.7. The molecular weight excluding hydrogens is 248 g/mol. The van der Waals surface area contributed by atoms with E-state index in [4.69, 9.17) is 4.74 Å². The van der Waals surface area contributed by atoms with Crippen LogP contribution in [0.5, 0.6) is 0 Å². The molecule has 20 heavy (non-hydrogen) atoms. The molecular formula is C17H28N2O. The van der Waals surface area contributed by atoms with Crippen LogP contribution in [0.3, 0.4) is 0 Å². The second kappa shape index (κ2) is 8.40. The van der Waals surface area contributed by atoms with Gasteiger partial charge in [-0.3, -0.25) is 4.90 Å². The maximum Gasteiger partial charge on any atom is 0.0594 e. The molecule has 0 spiro atoms. The monoisotopic (exact) mass is 276 g/mol. The lowest BCUT2D eigenvalue weighted by Gasteiger charge is -2.39. The zero-order valence-electron chi connectivity index (χ0n) is 12.8. The van der Waals surface area contributed by atoms with E-state index in [0.29, 0.717) is 12.1 Å². The van der Waals surface area contributed by atoms with Gasteiger partial charge in [0.2, 0.25) is 0 Å². The number of nitrogens with one attached hydrogen (secondary N) is 1.